The van der Waals surface area contributed by atoms with Crippen LogP contribution in [-0.4, -0.2) is 45.9 Å². The van der Waals surface area contributed by atoms with Crippen LogP contribution in [-0.2, 0) is 22.4 Å². The molecule has 0 radical (unpaired) electrons. The number of carbonyl (C=O) groups excluding carboxylic acids is 2. The molecule has 0 saturated carbocycles. The number of esters is 1. The molecular formula is C25H27N5O3S. The van der Waals surface area contributed by atoms with Crippen LogP contribution in [0.4, 0.5) is 10.5 Å². The molecule has 2 aromatic heterocycles. The van der Waals surface area contributed by atoms with Crippen molar-refractivity contribution in [3.8, 4) is 11.4 Å². The Morgan fingerprint density at radius 3 is 2.76 bits per heavy atom. The third-order valence-corrected chi connectivity index (χ3v) is 6.23. The fraction of sp³-hybridized carbons (Fsp3) is 0.320. The van der Waals surface area contributed by atoms with Crippen molar-refractivity contribution < 1.29 is 14.3 Å². The number of benzene rings is 1. The zero-order chi connectivity index (χ0) is 23.6. The van der Waals surface area contributed by atoms with Crippen LogP contribution in [0.1, 0.15) is 30.4 Å². The van der Waals surface area contributed by atoms with E-state index in [0.29, 0.717) is 23.8 Å². The first-order valence-corrected chi connectivity index (χ1v) is 12.4. The van der Waals surface area contributed by atoms with Gasteiger partial charge in [-0.15, -0.1) is 0 Å². The molecule has 9 heteroatoms. The van der Waals surface area contributed by atoms with Crippen molar-refractivity contribution in [2.24, 2.45) is 0 Å². The summed E-state index contributed by atoms with van der Waals surface area (Å²) in [5, 5.41) is 6.25. The second kappa shape index (κ2) is 12.1. The van der Waals surface area contributed by atoms with Gasteiger partial charge in [0.05, 0.1) is 23.7 Å². The van der Waals surface area contributed by atoms with Crippen molar-refractivity contribution in [1.82, 2.24) is 20.3 Å². The number of fused-ring (bicyclic) bond motifs is 1. The predicted molar refractivity (Wildman–Crippen MR) is 132 cm³/mol. The summed E-state index contributed by atoms with van der Waals surface area (Å²) in [6, 6.07) is 13.2. The van der Waals surface area contributed by atoms with Crippen molar-refractivity contribution in [2.75, 3.05) is 24.2 Å². The first-order chi connectivity index (χ1) is 16.7. The van der Waals surface area contributed by atoms with E-state index in [1.165, 1.54) is 29.3 Å². The maximum Gasteiger partial charge on any atom is 0.319 e. The van der Waals surface area contributed by atoms with Crippen molar-refractivity contribution in [2.45, 2.75) is 37.3 Å². The molecule has 8 nitrogen and oxygen atoms in total. The summed E-state index contributed by atoms with van der Waals surface area (Å²) in [6.45, 7) is 0.645. The Balaban J connectivity index is 1.13. The first kappa shape index (κ1) is 23.7. The third-order valence-electron chi connectivity index (χ3n) is 5.39. The number of hydrogen-bond acceptors (Lipinski definition) is 7. The van der Waals surface area contributed by atoms with Crippen LogP contribution in [0.25, 0.3) is 11.4 Å². The molecule has 0 atom stereocenters. The van der Waals surface area contributed by atoms with Crippen LogP contribution in [0.3, 0.4) is 0 Å². The van der Waals surface area contributed by atoms with Gasteiger partial charge in [-0.2, -0.15) is 0 Å². The van der Waals surface area contributed by atoms with E-state index in [1.54, 1.807) is 18.5 Å². The van der Waals surface area contributed by atoms with Gasteiger partial charge in [0.25, 0.3) is 0 Å². The Morgan fingerprint density at radius 1 is 0.971 bits per heavy atom. The molecular weight excluding hydrogens is 450 g/mol. The molecule has 176 valence electrons. The van der Waals surface area contributed by atoms with Crippen LogP contribution in [0, 0.1) is 0 Å². The van der Waals surface area contributed by atoms with E-state index in [-0.39, 0.29) is 24.4 Å². The smallest absolute Gasteiger partial charge is 0.319 e. The summed E-state index contributed by atoms with van der Waals surface area (Å²) in [4.78, 5) is 37.2. The highest BCUT2D eigenvalue weighted by Gasteiger charge is 2.14. The van der Waals surface area contributed by atoms with Gasteiger partial charge in [0.15, 0.2) is 5.16 Å². The van der Waals surface area contributed by atoms with Gasteiger partial charge in [-0.3, -0.25) is 9.78 Å². The molecule has 3 aromatic rings. The van der Waals surface area contributed by atoms with Gasteiger partial charge in [-0.1, -0.05) is 30.0 Å². The molecule has 2 amide bonds. The minimum atomic E-state index is -0.350. The molecule has 0 fully saturated rings. The lowest BCUT2D eigenvalue weighted by molar-refractivity contribution is -0.140. The van der Waals surface area contributed by atoms with Crippen molar-refractivity contribution in [3.63, 3.8) is 0 Å². The highest BCUT2D eigenvalue weighted by molar-refractivity contribution is 7.99. The van der Waals surface area contributed by atoms with E-state index in [4.69, 9.17) is 4.74 Å². The van der Waals surface area contributed by atoms with E-state index in [2.05, 4.69) is 31.7 Å². The molecule has 0 unspecified atom stereocenters. The Labute approximate surface area is 203 Å². The van der Waals surface area contributed by atoms with Crippen LogP contribution in [0.15, 0.2) is 60.0 Å². The van der Waals surface area contributed by atoms with Crippen LogP contribution >= 0.6 is 11.8 Å². The molecule has 1 aromatic carbocycles. The minimum Gasteiger partial charge on any atom is -0.465 e. The van der Waals surface area contributed by atoms with Gasteiger partial charge in [0, 0.05) is 24.6 Å². The highest BCUT2D eigenvalue weighted by atomic mass is 32.2. The minimum absolute atomic E-state index is 0.110. The van der Waals surface area contributed by atoms with Gasteiger partial charge in [-0.25, -0.2) is 14.8 Å². The van der Waals surface area contributed by atoms with Gasteiger partial charge in [0.2, 0.25) is 0 Å². The highest BCUT2D eigenvalue weighted by Crippen LogP contribution is 2.27. The first-order valence-electron chi connectivity index (χ1n) is 11.4. The summed E-state index contributed by atoms with van der Waals surface area (Å²) < 4.78 is 5.25. The van der Waals surface area contributed by atoms with E-state index in [1.807, 2.05) is 30.3 Å². The zero-order valence-electron chi connectivity index (χ0n) is 18.8. The number of ether oxygens (including phenoxy) is 1. The van der Waals surface area contributed by atoms with Crippen molar-refractivity contribution in [3.05, 3.63) is 66.0 Å². The fourth-order valence-electron chi connectivity index (χ4n) is 3.76. The molecule has 0 spiro atoms. The number of pyridine rings is 1. The number of nitrogens with one attached hydrogen (secondary N) is 2. The summed E-state index contributed by atoms with van der Waals surface area (Å²) in [7, 11) is 0. The molecule has 0 saturated heterocycles. The number of rotatable bonds is 9. The molecule has 2 N–H and O–H groups in total. The Kier molecular flexibility index (Phi) is 8.45. The zero-order valence-corrected chi connectivity index (χ0v) is 19.6. The molecule has 34 heavy (non-hydrogen) atoms. The summed E-state index contributed by atoms with van der Waals surface area (Å²) in [6.07, 6.45) is 8.29. The fourth-order valence-corrected chi connectivity index (χ4v) is 4.39. The van der Waals surface area contributed by atoms with E-state index >= 15 is 0 Å². The number of aromatic nitrogens is 3. The lowest BCUT2D eigenvalue weighted by atomic mass is 9.90. The van der Waals surface area contributed by atoms with Gasteiger partial charge < -0.3 is 15.4 Å². The maximum absolute atomic E-state index is 12.2. The second-order valence-corrected chi connectivity index (χ2v) is 8.78. The Bertz CT molecular complexity index is 1130. The van der Waals surface area contributed by atoms with Gasteiger partial charge >= 0.3 is 12.0 Å². The lowest BCUT2D eigenvalue weighted by Crippen LogP contribution is -2.30. The predicted octanol–water partition coefficient (Wildman–Crippen LogP) is 4.26. The van der Waals surface area contributed by atoms with Crippen molar-refractivity contribution >= 4 is 29.4 Å². The molecule has 0 aliphatic heterocycles. The number of amides is 2. The van der Waals surface area contributed by atoms with E-state index in [0.717, 1.165) is 30.6 Å². The standard InChI is InChI=1S/C25H27N5O3S/c31-23(17-34-25-28-15-12-22(30-25)21-10-3-4-13-26-21)33-16-6-14-27-24(32)29-20-11-5-8-18-7-1-2-9-19(18)20/h3-5,8,10-13,15H,1-2,6-7,9,14,16-17H2,(H2,27,29,32). The largest absolute Gasteiger partial charge is 0.465 e. The quantitative estimate of drug-likeness (QED) is 0.205. The summed E-state index contributed by atoms with van der Waals surface area (Å²) >= 11 is 1.21. The van der Waals surface area contributed by atoms with Crippen LogP contribution in [0.5, 0.6) is 0 Å². The van der Waals surface area contributed by atoms with E-state index < -0.39 is 0 Å². The number of thioether (sulfide) groups is 1. The number of aryl methyl sites for hydroxylation is 1. The molecule has 0 bridgehead atoms. The van der Waals surface area contributed by atoms with E-state index in [9.17, 15) is 9.59 Å². The number of hydrogen-bond donors (Lipinski definition) is 2. The summed E-state index contributed by atoms with van der Waals surface area (Å²) in [5.74, 6) is -0.240. The molecule has 1 aliphatic rings. The monoisotopic (exact) mass is 477 g/mol. The SMILES string of the molecule is O=C(NCCCOC(=O)CSc1nccc(-c2ccccn2)n1)Nc1cccc2c1CCCC2. The number of anilines is 1. The topological polar surface area (TPSA) is 106 Å². The average Bonchev–Trinajstić information content (AvgIpc) is 2.88. The number of urea groups is 1. The molecule has 2 heterocycles. The Hall–Kier alpha value is -3.46. The Morgan fingerprint density at radius 2 is 1.88 bits per heavy atom. The van der Waals surface area contributed by atoms with Crippen molar-refractivity contribution in [1.29, 1.82) is 0 Å². The molecule has 4 rings (SSSR count). The normalized spacial score (nSPS) is 12.5. The number of carbonyl (C=O) groups is 2. The summed E-state index contributed by atoms with van der Waals surface area (Å²) in [5.41, 5.74) is 4.89. The average molecular weight is 478 g/mol. The maximum atomic E-state index is 12.2. The molecule has 1 aliphatic carbocycles. The third kappa shape index (κ3) is 6.77. The number of nitrogens with zero attached hydrogens (tertiary/aromatic N) is 3. The second-order valence-electron chi connectivity index (χ2n) is 7.83. The van der Waals surface area contributed by atoms with Crippen LogP contribution in [0.2, 0.25) is 0 Å². The van der Waals surface area contributed by atoms with Gasteiger partial charge in [-0.05, 0) is 67.5 Å². The van der Waals surface area contributed by atoms with Crippen LogP contribution < -0.4 is 10.6 Å². The van der Waals surface area contributed by atoms with Gasteiger partial charge in [0.1, 0.15) is 0 Å². The lowest BCUT2D eigenvalue weighted by Gasteiger charge is -2.19.